The Morgan fingerprint density at radius 1 is 0.762 bits per heavy atom. The molecule has 0 N–H and O–H groups in total. The number of hydrogen-bond acceptors (Lipinski definition) is 2. The molecule has 0 atom stereocenters. The van der Waals surface area contributed by atoms with Crippen LogP contribution in [0, 0.1) is 0 Å². The summed E-state index contributed by atoms with van der Waals surface area (Å²) in [5, 5.41) is 0. The number of nitrogens with zero attached hydrogens (tertiary/aromatic N) is 1. The number of quaternary nitrogens is 1. The molecule has 2 aromatic carbocycles. The van der Waals surface area contributed by atoms with E-state index in [-0.39, 0.29) is 5.97 Å². The van der Waals surface area contributed by atoms with Crippen molar-refractivity contribution >= 4 is 24.2 Å². The molecule has 0 spiro atoms. The van der Waals surface area contributed by atoms with E-state index < -0.39 is 0 Å². The number of carbonyl (C=O) groups excluding carboxylic acids is 1. The molecule has 0 radical (unpaired) electrons. The maximum absolute atomic E-state index is 10.4. The predicted octanol–water partition coefficient (Wildman–Crippen LogP) is 10.8. The van der Waals surface area contributed by atoms with Crippen molar-refractivity contribution < 1.29 is 14.0 Å². The Morgan fingerprint density at radius 3 is 1.67 bits per heavy atom. The second kappa shape index (κ2) is 25.5. The minimum atomic E-state index is -0.312. The van der Waals surface area contributed by atoms with Gasteiger partial charge in [0, 0.05) is 5.57 Å². The van der Waals surface area contributed by atoms with Crippen LogP contribution < -0.4 is 0 Å². The summed E-state index contributed by atoms with van der Waals surface area (Å²) < 4.78 is 5.66. The van der Waals surface area contributed by atoms with Crippen molar-refractivity contribution in [2.75, 3.05) is 33.8 Å². The van der Waals surface area contributed by atoms with E-state index in [9.17, 15) is 4.79 Å². The van der Waals surface area contributed by atoms with E-state index in [0.717, 1.165) is 22.2 Å². The van der Waals surface area contributed by atoms with Gasteiger partial charge < -0.3 is 9.22 Å². The molecule has 0 aliphatic heterocycles. The van der Waals surface area contributed by atoms with Crippen LogP contribution in [-0.4, -0.2) is 44.2 Å². The smallest absolute Gasteiger partial charge is 0.333 e. The molecule has 0 saturated heterocycles. The first-order valence-electron chi connectivity index (χ1n) is 15.9. The van der Waals surface area contributed by atoms with Gasteiger partial charge in [0.2, 0.25) is 0 Å². The Bertz CT molecular complexity index is 993. The highest BCUT2D eigenvalue weighted by atomic mass is 16.5. The zero-order valence-corrected chi connectivity index (χ0v) is 27.6. The first-order valence-corrected chi connectivity index (χ1v) is 15.9. The van der Waals surface area contributed by atoms with E-state index >= 15 is 0 Å². The van der Waals surface area contributed by atoms with Crippen molar-refractivity contribution in [1.82, 2.24) is 0 Å². The summed E-state index contributed by atoms with van der Waals surface area (Å²) in [6.45, 7) is 19.3. The first kappa shape index (κ1) is 38.8. The molecule has 2 rings (SSSR count). The Morgan fingerprint density at radius 2 is 1.24 bits per heavy atom. The number of benzene rings is 2. The Balaban J connectivity index is 0.000000759. The van der Waals surface area contributed by atoms with E-state index in [4.69, 9.17) is 0 Å². The van der Waals surface area contributed by atoms with E-state index in [1.807, 2.05) is 36.4 Å². The van der Waals surface area contributed by atoms with Gasteiger partial charge in [-0.15, -0.1) is 0 Å². The van der Waals surface area contributed by atoms with Crippen molar-refractivity contribution in [1.29, 1.82) is 0 Å². The van der Waals surface area contributed by atoms with Crippen LogP contribution in [0.15, 0.2) is 86.0 Å². The molecule has 0 fully saturated rings. The molecule has 232 valence electrons. The van der Waals surface area contributed by atoms with Gasteiger partial charge in [-0.2, -0.15) is 0 Å². The largest absolute Gasteiger partial charge is 0.463 e. The zero-order chi connectivity index (χ0) is 31.5. The van der Waals surface area contributed by atoms with Crippen LogP contribution >= 0.6 is 0 Å². The first-order chi connectivity index (χ1) is 20.2. The van der Waals surface area contributed by atoms with E-state index in [0.29, 0.717) is 12.2 Å². The van der Waals surface area contributed by atoms with Gasteiger partial charge in [0.1, 0.15) is 0 Å². The predicted molar refractivity (Wildman–Crippen MR) is 187 cm³/mol. The topological polar surface area (TPSA) is 26.3 Å². The van der Waals surface area contributed by atoms with Crippen LogP contribution in [0.1, 0.15) is 102 Å². The third-order valence-corrected chi connectivity index (χ3v) is 6.89. The second-order valence-electron chi connectivity index (χ2n) is 11.4. The quantitative estimate of drug-likeness (QED) is 0.0766. The van der Waals surface area contributed by atoms with Crippen LogP contribution in [0.3, 0.4) is 0 Å². The van der Waals surface area contributed by atoms with Crippen molar-refractivity contribution in [2.45, 2.75) is 85.0 Å². The molecule has 2 aromatic rings. The Hall–Kier alpha value is -3.17. The maximum Gasteiger partial charge on any atom is 0.333 e. The highest BCUT2D eigenvalue weighted by Gasteiger charge is 2.11. The summed E-state index contributed by atoms with van der Waals surface area (Å²) in [4.78, 5) is 10.4. The standard InChI is InChI=1S/C23H40N.C10H10.C6H10O2/c1-4-5-6-7-8-9-10-11-12-16-21-24(2,3)22-17-20-23-18-14-13-15-19-23;1-3-9-7-5-6-8-10(9)4-2;1-4-8-6(7)5(2)3/h13-15,17-20H,4-12,16,21-22H2,1-3H3;3-8H,1-2H2;2,4H2,1,3H3/q+1;;. The highest BCUT2D eigenvalue weighted by Crippen LogP contribution is 2.12. The molecule has 42 heavy (non-hydrogen) atoms. The number of carbonyl (C=O) groups is 1. The fourth-order valence-corrected chi connectivity index (χ4v) is 4.29. The van der Waals surface area contributed by atoms with Gasteiger partial charge >= 0.3 is 5.97 Å². The second-order valence-corrected chi connectivity index (χ2v) is 11.4. The average molecular weight is 575 g/mol. The summed E-state index contributed by atoms with van der Waals surface area (Å²) in [5.41, 5.74) is 4.03. The molecular formula is C39H60NO2+. The molecule has 0 aromatic heterocycles. The lowest BCUT2D eigenvalue weighted by Gasteiger charge is -2.28. The fraction of sp³-hybridized carbons (Fsp3) is 0.462. The lowest BCUT2D eigenvalue weighted by Crippen LogP contribution is -2.40. The molecular weight excluding hydrogens is 514 g/mol. The summed E-state index contributed by atoms with van der Waals surface area (Å²) in [5.74, 6) is -0.312. The molecule has 3 nitrogen and oxygen atoms in total. The van der Waals surface area contributed by atoms with Crippen molar-refractivity contribution in [3.8, 4) is 0 Å². The minimum absolute atomic E-state index is 0.312. The molecule has 0 bridgehead atoms. The van der Waals surface area contributed by atoms with E-state index in [1.165, 1.54) is 76.3 Å². The van der Waals surface area contributed by atoms with Crippen LogP contribution in [-0.2, 0) is 9.53 Å². The molecule has 0 heterocycles. The van der Waals surface area contributed by atoms with Gasteiger partial charge in [0.15, 0.2) is 0 Å². The van der Waals surface area contributed by atoms with Crippen LogP contribution in [0.2, 0.25) is 0 Å². The van der Waals surface area contributed by atoms with Crippen LogP contribution in [0.4, 0.5) is 0 Å². The van der Waals surface area contributed by atoms with Crippen LogP contribution in [0.25, 0.3) is 18.2 Å². The number of hydrogen-bond donors (Lipinski definition) is 0. The zero-order valence-electron chi connectivity index (χ0n) is 27.6. The van der Waals surface area contributed by atoms with Gasteiger partial charge in [0.05, 0.1) is 33.8 Å². The Kier molecular flexibility index (Phi) is 23.6. The van der Waals surface area contributed by atoms with Crippen LogP contribution in [0.5, 0.6) is 0 Å². The summed E-state index contributed by atoms with van der Waals surface area (Å²) in [6.07, 6.45) is 22.4. The van der Waals surface area contributed by atoms with Crippen molar-refractivity contribution in [3.63, 3.8) is 0 Å². The van der Waals surface area contributed by atoms with E-state index in [2.05, 4.69) is 88.0 Å². The Labute approximate surface area is 259 Å². The monoisotopic (exact) mass is 574 g/mol. The fourth-order valence-electron chi connectivity index (χ4n) is 4.29. The summed E-state index contributed by atoms with van der Waals surface area (Å²) in [7, 11) is 4.70. The SMILES string of the molecule is C=C(C)C(=O)OCC.C=Cc1ccccc1C=C.CCCCCCCCCCCC[N+](C)(C)CC=Cc1ccccc1. The van der Waals surface area contributed by atoms with E-state index in [1.54, 1.807) is 13.8 Å². The third-order valence-electron chi connectivity index (χ3n) is 6.89. The highest BCUT2D eigenvalue weighted by molar-refractivity contribution is 5.86. The molecule has 0 amide bonds. The van der Waals surface area contributed by atoms with Gasteiger partial charge in [-0.25, -0.2) is 4.79 Å². The van der Waals surface area contributed by atoms with Gasteiger partial charge in [-0.1, -0.05) is 151 Å². The normalized spacial score (nSPS) is 10.6. The molecule has 0 unspecified atom stereocenters. The maximum atomic E-state index is 10.4. The minimum Gasteiger partial charge on any atom is -0.463 e. The molecule has 3 heteroatoms. The number of esters is 1. The van der Waals surface area contributed by atoms with Gasteiger partial charge in [-0.3, -0.25) is 0 Å². The number of rotatable bonds is 18. The number of unbranched alkanes of at least 4 members (excludes halogenated alkanes) is 9. The van der Waals surface area contributed by atoms with Gasteiger partial charge in [-0.05, 0) is 49.5 Å². The third kappa shape index (κ3) is 21.6. The lowest BCUT2D eigenvalue weighted by molar-refractivity contribution is -0.884. The lowest BCUT2D eigenvalue weighted by atomic mass is 10.1. The number of likely N-dealkylation sites (N-methyl/N-ethyl adjacent to an activating group) is 1. The van der Waals surface area contributed by atoms with Crippen molar-refractivity contribution in [3.05, 3.63) is 103 Å². The number of ether oxygens (including phenoxy) is 1. The average Bonchev–Trinajstić information content (AvgIpc) is 2.99. The molecule has 0 aliphatic rings. The molecule has 0 saturated carbocycles. The summed E-state index contributed by atoms with van der Waals surface area (Å²) >= 11 is 0. The van der Waals surface area contributed by atoms with Crippen molar-refractivity contribution in [2.24, 2.45) is 0 Å². The van der Waals surface area contributed by atoms with Gasteiger partial charge in [0.25, 0.3) is 0 Å². The summed E-state index contributed by atoms with van der Waals surface area (Å²) in [6, 6.07) is 18.6. The molecule has 0 aliphatic carbocycles.